The molecule has 10 heteroatoms. The van der Waals surface area contributed by atoms with Gasteiger partial charge in [-0.3, -0.25) is 4.72 Å². The van der Waals surface area contributed by atoms with Crippen LogP contribution in [0.1, 0.15) is 18.4 Å². The van der Waals surface area contributed by atoms with Crippen molar-refractivity contribution in [3.63, 3.8) is 0 Å². The molecule has 0 aliphatic carbocycles. The van der Waals surface area contributed by atoms with Crippen molar-refractivity contribution in [2.24, 2.45) is 5.92 Å². The summed E-state index contributed by atoms with van der Waals surface area (Å²) in [4.78, 5) is -0.0920. The average Bonchev–Trinajstić information content (AvgIpc) is 2.69. The molecule has 3 rings (SSSR count). The zero-order valence-corrected chi connectivity index (χ0v) is 16.9. The zero-order chi connectivity index (χ0) is 21.1. The second-order valence-corrected chi connectivity index (χ2v) is 8.82. The predicted molar refractivity (Wildman–Crippen MR) is 105 cm³/mol. The summed E-state index contributed by atoms with van der Waals surface area (Å²) in [5.41, 5.74) is -1.43. The normalized spacial score (nSPS) is 15.9. The van der Waals surface area contributed by atoms with E-state index >= 15 is 0 Å². The number of nitrogens with one attached hydrogen (secondary N) is 2. The molecule has 1 aliphatic rings. The summed E-state index contributed by atoms with van der Waals surface area (Å²) in [5, 5.41) is 2.98. The molecule has 0 atom stereocenters. The number of rotatable bonds is 6. The predicted octanol–water partition coefficient (Wildman–Crippen LogP) is 4.54. The SMILES string of the molecule is O=S(=O)(Nc1cc(C(F)(F)F)cc(OCC2CCNCC2)c1Cl)c1ccccc1. The van der Waals surface area contributed by atoms with Crippen LogP contribution in [0.4, 0.5) is 18.9 Å². The molecule has 2 aromatic carbocycles. The van der Waals surface area contributed by atoms with E-state index in [1.807, 2.05) is 0 Å². The van der Waals surface area contributed by atoms with E-state index in [0.717, 1.165) is 32.0 Å². The van der Waals surface area contributed by atoms with Gasteiger partial charge in [0.15, 0.2) is 0 Å². The van der Waals surface area contributed by atoms with E-state index in [-0.39, 0.29) is 33.9 Å². The highest BCUT2D eigenvalue weighted by Crippen LogP contribution is 2.41. The van der Waals surface area contributed by atoms with Gasteiger partial charge in [0.1, 0.15) is 10.8 Å². The first kappa shape index (κ1) is 21.7. The van der Waals surface area contributed by atoms with E-state index in [9.17, 15) is 21.6 Å². The first-order valence-electron chi connectivity index (χ1n) is 8.99. The Hall–Kier alpha value is -1.97. The van der Waals surface area contributed by atoms with E-state index < -0.39 is 21.8 Å². The van der Waals surface area contributed by atoms with Crippen molar-refractivity contribution < 1.29 is 26.3 Å². The maximum Gasteiger partial charge on any atom is 0.416 e. The van der Waals surface area contributed by atoms with E-state index in [0.29, 0.717) is 6.07 Å². The standard InChI is InChI=1S/C19H20ClF3N2O3S/c20-18-16(25-29(26,27)15-4-2-1-3-5-15)10-14(19(21,22)23)11-17(18)28-12-13-6-8-24-9-7-13/h1-5,10-11,13,24-25H,6-9,12H2. The number of hydrogen-bond donors (Lipinski definition) is 2. The molecule has 2 aromatic rings. The maximum atomic E-state index is 13.3. The third-order valence-electron chi connectivity index (χ3n) is 4.60. The molecule has 0 saturated carbocycles. The van der Waals surface area contributed by atoms with E-state index in [1.165, 1.54) is 24.3 Å². The number of alkyl halides is 3. The molecule has 1 saturated heterocycles. The molecule has 0 radical (unpaired) electrons. The highest BCUT2D eigenvalue weighted by atomic mass is 35.5. The van der Waals surface area contributed by atoms with Gasteiger partial charge in [0.25, 0.3) is 10.0 Å². The van der Waals surface area contributed by atoms with Gasteiger partial charge in [-0.15, -0.1) is 0 Å². The van der Waals surface area contributed by atoms with Crippen molar-refractivity contribution in [2.75, 3.05) is 24.4 Å². The fourth-order valence-electron chi connectivity index (χ4n) is 3.00. The molecule has 1 fully saturated rings. The summed E-state index contributed by atoms with van der Waals surface area (Å²) >= 11 is 6.21. The largest absolute Gasteiger partial charge is 0.492 e. The maximum absolute atomic E-state index is 13.3. The van der Waals surface area contributed by atoms with Gasteiger partial charge in [-0.25, -0.2) is 8.42 Å². The van der Waals surface area contributed by atoms with Crippen LogP contribution in [0.2, 0.25) is 5.02 Å². The van der Waals surface area contributed by atoms with Crippen LogP contribution in [0.5, 0.6) is 5.75 Å². The summed E-state index contributed by atoms with van der Waals surface area (Å²) in [6.45, 7) is 1.83. The quantitative estimate of drug-likeness (QED) is 0.681. The van der Waals surface area contributed by atoms with Crippen LogP contribution in [0, 0.1) is 5.92 Å². The molecular weight excluding hydrogens is 429 g/mol. The Kier molecular flexibility index (Phi) is 6.60. The van der Waals surface area contributed by atoms with Crippen LogP contribution in [0.25, 0.3) is 0 Å². The Morgan fingerprint density at radius 1 is 1.14 bits per heavy atom. The van der Waals surface area contributed by atoms with Crippen molar-refractivity contribution in [1.82, 2.24) is 5.32 Å². The lowest BCUT2D eigenvalue weighted by Crippen LogP contribution is -2.30. The summed E-state index contributed by atoms with van der Waals surface area (Å²) in [6, 6.07) is 8.77. The van der Waals surface area contributed by atoms with Gasteiger partial charge >= 0.3 is 6.18 Å². The number of halogens is 4. The first-order valence-corrected chi connectivity index (χ1v) is 10.8. The molecule has 0 amide bonds. The van der Waals surface area contributed by atoms with Crippen LogP contribution < -0.4 is 14.8 Å². The molecule has 0 bridgehead atoms. The minimum Gasteiger partial charge on any atom is -0.492 e. The summed E-state index contributed by atoms with van der Waals surface area (Å²) in [6.07, 6.45) is -3.02. The lowest BCUT2D eigenvalue weighted by molar-refractivity contribution is -0.137. The molecule has 0 aromatic heterocycles. The molecule has 158 valence electrons. The van der Waals surface area contributed by atoms with E-state index in [1.54, 1.807) is 6.07 Å². The zero-order valence-electron chi connectivity index (χ0n) is 15.3. The van der Waals surface area contributed by atoms with Crippen molar-refractivity contribution >= 4 is 27.3 Å². The number of piperidine rings is 1. The van der Waals surface area contributed by atoms with Crippen LogP contribution in [-0.2, 0) is 16.2 Å². The smallest absolute Gasteiger partial charge is 0.416 e. The second-order valence-electron chi connectivity index (χ2n) is 6.76. The molecule has 29 heavy (non-hydrogen) atoms. The molecule has 1 heterocycles. The number of ether oxygens (including phenoxy) is 1. The van der Waals surface area contributed by atoms with Gasteiger partial charge in [-0.2, -0.15) is 13.2 Å². The summed E-state index contributed by atoms with van der Waals surface area (Å²) in [7, 11) is -4.12. The van der Waals surface area contributed by atoms with Gasteiger partial charge < -0.3 is 10.1 Å². The molecular formula is C19H20ClF3N2O3S. The van der Waals surface area contributed by atoms with Gasteiger partial charge in [-0.05, 0) is 56.1 Å². The molecule has 2 N–H and O–H groups in total. The van der Waals surface area contributed by atoms with Gasteiger partial charge in [0.2, 0.25) is 0 Å². The van der Waals surface area contributed by atoms with Gasteiger partial charge in [0.05, 0.1) is 22.8 Å². The van der Waals surface area contributed by atoms with Crippen molar-refractivity contribution in [1.29, 1.82) is 0 Å². The number of sulfonamides is 1. The highest BCUT2D eigenvalue weighted by molar-refractivity contribution is 7.92. The summed E-state index contributed by atoms with van der Waals surface area (Å²) in [5.74, 6) is -0.0166. The van der Waals surface area contributed by atoms with E-state index in [2.05, 4.69) is 10.0 Å². The Balaban J connectivity index is 1.91. The average molecular weight is 449 g/mol. The lowest BCUT2D eigenvalue weighted by Gasteiger charge is -2.23. The Labute approximate surface area is 172 Å². The monoisotopic (exact) mass is 448 g/mol. The van der Waals surface area contributed by atoms with Crippen molar-refractivity contribution in [3.05, 3.63) is 53.1 Å². The fourth-order valence-corrected chi connectivity index (χ4v) is 4.35. The fraction of sp³-hybridized carbons (Fsp3) is 0.368. The topological polar surface area (TPSA) is 67.4 Å². The van der Waals surface area contributed by atoms with E-state index in [4.69, 9.17) is 16.3 Å². The Morgan fingerprint density at radius 3 is 2.41 bits per heavy atom. The summed E-state index contributed by atoms with van der Waals surface area (Å²) < 4.78 is 72.8. The minimum absolute atomic E-state index is 0.0920. The minimum atomic E-state index is -4.69. The number of hydrogen-bond acceptors (Lipinski definition) is 4. The van der Waals surface area contributed by atoms with Crippen molar-refractivity contribution in [2.45, 2.75) is 23.9 Å². The Bertz CT molecular complexity index is 947. The number of anilines is 1. The van der Waals surface area contributed by atoms with Crippen molar-refractivity contribution in [3.8, 4) is 5.75 Å². The molecule has 0 spiro atoms. The highest BCUT2D eigenvalue weighted by Gasteiger charge is 2.33. The third kappa shape index (κ3) is 5.55. The number of benzene rings is 2. The van der Waals surface area contributed by atoms with Crippen LogP contribution in [0.3, 0.4) is 0 Å². The molecule has 1 aliphatic heterocycles. The van der Waals surface area contributed by atoms with Crippen LogP contribution >= 0.6 is 11.6 Å². The van der Waals surface area contributed by atoms with Crippen LogP contribution in [0.15, 0.2) is 47.4 Å². The third-order valence-corrected chi connectivity index (χ3v) is 6.37. The molecule has 5 nitrogen and oxygen atoms in total. The second kappa shape index (κ2) is 8.81. The van der Waals surface area contributed by atoms with Gasteiger partial charge in [-0.1, -0.05) is 29.8 Å². The lowest BCUT2D eigenvalue weighted by atomic mass is 9.99. The van der Waals surface area contributed by atoms with Gasteiger partial charge in [0, 0.05) is 0 Å². The first-order chi connectivity index (χ1) is 13.7. The van der Waals surface area contributed by atoms with Crippen LogP contribution in [-0.4, -0.2) is 28.1 Å². The molecule has 0 unspecified atom stereocenters. The Morgan fingerprint density at radius 2 is 1.79 bits per heavy atom.